The van der Waals surface area contributed by atoms with E-state index in [4.69, 9.17) is 9.05 Å². The van der Waals surface area contributed by atoms with Crippen LogP contribution in [0.2, 0.25) is 0 Å². The van der Waals surface area contributed by atoms with E-state index in [0.717, 1.165) is 18.4 Å². The maximum Gasteiger partial charge on any atom is 0.333 e. The molecule has 0 amide bonds. The van der Waals surface area contributed by atoms with E-state index < -0.39 is 13.2 Å². The highest BCUT2D eigenvalue weighted by atomic mass is 31.2. The molecule has 0 bridgehead atoms. The van der Waals surface area contributed by atoms with Crippen molar-refractivity contribution in [2.45, 2.75) is 32.3 Å². The zero-order valence-electron chi connectivity index (χ0n) is 12.1. The van der Waals surface area contributed by atoms with Gasteiger partial charge in [-0.1, -0.05) is 30.3 Å². The van der Waals surface area contributed by atoms with Gasteiger partial charge in [0.1, 0.15) is 5.60 Å². The third-order valence-electron chi connectivity index (χ3n) is 3.61. The van der Waals surface area contributed by atoms with Crippen LogP contribution in [0.1, 0.15) is 32.3 Å². The predicted molar refractivity (Wildman–Crippen MR) is 78.8 cm³/mol. The molecule has 1 saturated carbocycles. The highest BCUT2D eigenvalue weighted by Crippen LogP contribution is 2.57. The van der Waals surface area contributed by atoms with Crippen LogP contribution in [0.3, 0.4) is 0 Å². The van der Waals surface area contributed by atoms with Gasteiger partial charge >= 0.3 is 7.60 Å². The molecule has 1 aromatic carbocycles. The summed E-state index contributed by atoms with van der Waals surface area (Å²) in [6.07, 6.45) is 1.92. The Kier molecular flexibility index (Phi) is 5.03. The highest BCUT2D eigenvalue weighted by molar-refractivity contribution is 7.53. The molecule has 1 aromatic rings. The number of benzene rings is 1. The van der Waals surface area contributed by atoms with Crippen molar-refractivity contribution in [3.63, 3.8) is 0 Å². The second kappa shape index (κ2) is 6.40. The number of hydrogen-bond donors (Lipinski definition) is 1. The van der Waals surface area contributed by atoms with Gasteiger partial charge in [0, 0.05) is 0 Å². The van der Waals surface area contributed by atoms with Crippen LogP contribution in [-0.4, -0.2) is 24.5 Å². The summed E-state index contributed by atoms with van der Waals surface area (Å²) in [6, 6.07) is 9.42. The Balaban J connectivity index is 2.27. The van der Waals surface area contributed by atoms with Crippen LogP contribution in [0.25, 0.3) is 0 Å². The predicted octanol–water partition coefficient (Wildman–Crippen LogP) is 3.55. The molecule has 4 nitrogen and oxygen atoms in total. The van der Waals surface area contributed by atoms with E-state index in [1.165, 1.54) is 0 Å². The largest absolute Gasteiger partial charge is 0.384 e. The van der Waals surface area contributed by atoms with E-state index in [0.29, 0.717) is 13.2 Å². The standard InChI is InChI=1S/C15H23O4P/c1-3-18-20(17,19-4-2)12-15(16,14-10-11-14)13-8-6-5-7-9-13/h5-9,14,16H,3-4,10-12H2,1-2H3. The molecule has 1 N–H and O–H groups in total. The molecule has 0 spiro atoms. The van der Waals surface area contributed by atoms with E-state index >= 15 is 0 Å². The quantitative estimate of drug-likeness (QED) is 0.746. The average Bonchev–Trinajstić information content (AvgIpc) is 3.24. The van der Waals surface area contributed by atoms with Gasteiger partial charge < -0.3 is 14.2 Å². The lowest BCUT2D eigenvalue weighted by Crippen LogP contribution is -2.33. The molecule has 0 heterocycles. The summed E-state index contributed by atoms with van der Waals surface area (Å²) < 4.78 is 23.4. The lowest BCUT2D eigenvalue weighted by molar-refractivity contribution is 0.0286. The van der Waals surface area contributed by atoms with E-state index in [2.05, 4.69) is 0 Å². The van der Waals surface area contributed by atoms with Gasteiger partial charge in [0.25, 0.3) is 0 Å². The molecule has 112 valence electrons. The maximum absolute atomic E-state index is 12.7. The van der Waals surface area contributed by atoms with Crippen molar-refractivity contribution in [1.82, 2.24) is 0 Å². The van der Waals surface area contributed by atoms with Crippen molar-refractivity contribution < 1.29 is 18.7 Å². The smallest absolute Gasteiger partial charge is 0.333 e. The minimum atomic E-state index is -3.27. The zero-order chi connectivity index (χ0) is 14.6. The van der Waals surface area contributed by atoms with Crippen molar-refractivity contribution in [2.24, 2.45) is 5.92 Å². The molecule has 2 rings (SSSR count). The Morgan fingerprint density at radius 1 is 1.20 bits per heavy atom. The monoisotopic (exact) mass is 298 g/mol. The lowest BCUT2D eigenvalue weighted by atomic mass is 9.91. The molecule has 0 saturated heterocycles. The third-order valence-corrected chi connectivity index (χ3v) is 5.79. The van der Waals surface area contributed by atoms with E-state index in [1.54, 1.807) is 13.8 Å². The van der Waals surface area contributed by atoms with E-state index in [-0.39, 0.29) is 12.1 Å². The van der Waals surface area contributed by atoms with Crippen LogP contribution in [0.5, 0.6) is 0 Å². The summed E-state index contributed by atoms with van der Waals surface area (Å²) in [6.45, 7) is 4.19. The Morgan fingerprint density at radius 2 is 1.75 bits per heavy atom. The summed E-state index contributed by atoms with van der Waals surface area (Å²) in [5.41, 5.74) is -0.330. The molecule has 5 heteroatoms. The van der Waals surface area contributed by atoms with Crippen molar-refractivity contribution >= 4 is 7.60 Å². The normalized spacial score (nSPS) is 18.8. The van der Waals surface area contributed by atoms with Gasteiger partial charge in [-0.25, -0.2) is 0 Å². The summed E-state index contributed by atoms with van der Waals surface area (Å²) in [5.74, 6) is 0.138. The van der Waals surface area contributed by atoms with Gasteiger partial charge in [0.2, 0.25) is 0 Å². The van der Waals surface area contributed by atoms with Gasteiger partial charge in [0.15, 0.2) is 0 Å². The number of aliphatic hydroxyl groups is 1. The Bertz CT molecular complexity index is 462. The van der Waals surface area contributed by atoms with Crippen molar-refractivity contribution in [3.05, 3.63) is 35.9 Å². The average molecular weight is 298 g/mol. The van der Waals surface area contributed by atoms with Gasteiger partial charge in [-0.05, 0) is 38.2 Å². The topological polar surface area (TPSA) is 55.8 Å². The first kappa shape index (κ1) is 15.7. The fraction of sp³-hybridized carbons (Fsp3) is 0.600. The van der Waals surface area contributed by atoms with Crippen molar-refractivity contribution in [2.75, 3.05) is 19.4 Å². The van der Waals surface area contributed by atoms with Gasteiger partial charge in [-0.2, -0.15) is 0 Å². The highest BCUT2D eigenvalue weighted by Gasteiger charge is 2.50. The molecule has 0 aromatic heterocycles. The fourth-order valence-corrected chi connectivity index (χ4v) is 4.64. The molecular weight excluding hydrogens is 275 g/mol. The number of rotatable bonds is 8. The Morgan fingerprint density at radius 3 is 2.20 bits per heavy atom. The molecule has 1 aliphatic carbocycles. The van der Waals surface area contributed by atoms with Crippen LogP contribution in [0.15, 0.2) is 30.3 Å². The molecule has 1 atom stereocenters. The molecule has 1 aliphatic rings. The fourth-order valence-electron chi connectivity index (χ4n) is 2.56. The minimum absolute atomic E-state index is 0.0242. The Labute approximate surface area is 120 Å². The molecule has 0 aliphatic heterocycles. The Hall–Kier alpha value is -0.670. The first-order valence-electron chi connectivity index (χ1n) is 7.20. The summed E-state index contributed by atoms with van der Waals surface area (Å²) in [7, 11) is -3.27. The second-order valence-electron chi connectivity index (χ2n) is 5.17. The van der Waals surface area contributed by atoms with E-state index in [1.807, 2.05) is 30.3 Å². The van der Waals surface area contributed by atoms with E-state index in [9.17, 15) is 9.67 Å². The lowest BCUT2D eigenvalue weighted by Gasteiger charge is -2.32. The second-order valence-corrected chi connectivity index (χ2v) is 7.22. The van der Waals surface area contributed by atoms with Crippen LogP contribution in [-0.2, 0) is 19.2 Å². The van der Waals surface area contributed by atoms with Gasteiger partial charge in [0.05, 0.1) is 19.4 Å². The van der Waals surface area contributed by atoms with Crippen LogP contribution in [0, 0.1) is 5.92 Å². The molecular formula is C15H23O4P. The van der Waals surface area contributed by atoms with Crippen LogP contribution in [0.4, 0.5) is 0 Å². The van der Waals surface area contributed by atoms with Crippen LogP contribution < -0.4 is 0 Å². The molecule has 20 heavy (non-hydrogen) atoms. The third kappa shape index (κ3) is 3.50. The SMILES string of the molecule is CCOP(=O)(CC(O)(c1ccccc1)C1CC1)OCC. The van der Waals surface area contributed by atoms with Crippen LogP contribution >= 0.6 is 7.60 Å². The molecule has 0 radical (unpaired) electrons. The summed E-state index contributed by atoms with van der Waals surface area (Å²) in [5, 5.41) is 11.1. The summed E-state index contributed by atoms with van der Waals surface area (Å²) in [4.78, 5) is 0. The van der Waals surface area contributed by atoms with Gasteiger partial charge in [-0.3, -0.25) is 4.57 Å². The first-order valence-corrected chi connectivity index (χ1v) is 8.93. The summed E-state index contributed by atoms with van der Waals surface area (Å²) >= 11 is 0. The number of hydrogen-bond acceptors (Lipinski definition) is 4. The van der Waals surface area contributed by atoms with Gasteiger partial charge in [-0.15, -0.1) is 0 Å². The van der Waals surface area contributed by atoms with Crippen molar-refractivity contribution in [1.29, 1.82) is 0 Å². The first-order chi connectivity index (χ1) is 9.54. The maximum atomic E-state index is 12.7. The minimum Gasteiger partial charge on any atom is -0.384 e. The molecule has 1 fully saturated rings. The van der Waals surface area contributed by atoms with Crippen molar-refractivity contribution in [3.8, 4) is 0 Å². The molecule has 1 unspecified atom stereocenters. The zero-order valence-corrected chi connectivity index (χ0v) is 13.0.